The normalized spacial score (nSPS) is 13.1. The minimum absolute atomic E-state index is 0.0398. The van der Waals surface area contributed by atoms with Gasteiger partial charge in [0.1, 0.15) is 31.6 Å². The highest BCUT2D eigenvalue weighted by molar-refractivity contribution is 7.92. The van der Waals surface area contributed by atoms with E-state index in [4.69, 9.17) is 32.7 Å². The van der Waals surface area contributed by atoms with Crippen molar-refractivity contribution in [2.24, 2.45) is 5.92 Å². The number of rotatable bonds is 13. The summed E-state index contributed by atoms with van der Waals surface area (Å²) in [7, 11) is -4.46. The van der Waals surface area contributed by atoms with Crippen LogP contribution >= 0.6 is 23.2 Å². The van der Waals surface area contributed by atoms with E-state index in [0.29, 0.717) is 29.5 Å². The second-order valence-electron chi connectivity index (χ2n) is 11.9. The first kappa shape index (κ1) is 36.0. The van der Waals surface area contributed by atoms with Gasteiger partial charge in [-0.05, 0) is 65.6 Å². The number of anilines is 1. The number of hydrogen-bond acceptors (Lipinski definition) is 6. The zero-order valence-electron chi connectivity index (χ0n) is 26.9. The number of carbonyl (C=O) groups is 2. The summed E-state index contributed by atoms with van der Waals surface area (Å²) in [5.74, 6) is -0.953. The van der Waals surface area contributed by atoms with Crippen LogP contribution in [0.2, 0.25) is 10.0 Å². The van der Waals surface area contributed by atoms with Crippen LogP contribution in [0.1, 0.15) is 25.0 Å². The monoisotopic (exact) mass is 727 g/mol. The Balaban J connectivity index is 1.58. The molecule has 0 saturated carbocycles. The third kappa shape index (κ3) is 9.03. The summed E-state index contributed by atoms with van der Waals surface area (Å²) < 4.78 is 54.8. The Labute approximate surface area is 295 Å². The van der Waals surface area contributed by atoms with Gasteiger partial charge in [0.05, 0.1) is 10.6 Å². The Kier molecular flexibility index (Phi) is 11.7. The van der Waals surface area contributed by atoms with Crippen molar-refractivity contribution in [2.45, 2.75) is 37.8 Å². The van der Waals surface area contributed by atoms with Gasteiger partial charge in [-0.2, -0.15) is 0 Å². The molecule has 5 rings (SSSR count). The third-order valence-electron chi connectivity index (χ3n) is 7.81. The topological polar surface area (TPSA) is 105 Å². The molecule has 2 amide bonds. The third-order valence-corrected chi connectivity index (χ3v) is 10.2. The highest BCUT2D eigenvalue weighted by Crippen LogP contribution is 2.34. The number of nitrogens with one attached hydrogen (secondary N) is 1. The number of halogens is 3. The van der Waals surface area contributed by atoms with E-state index in [-0.39, 0.29) is 46.8 Å². The molecule has 4 aromatic carbocycles. The van der Waals surface area contributed by atoms with Crippen LogP contribution in [0, 0.1) is 11.7 Å². The largest absolute Gasteiger partial charge is 0.486 e. The van der Waals surface area contributed by atoms with Crippen molar-refractivity contribution in [3.05, 3.63) is 118 Å². The maximum absolute atomic E-state index is 14.6. The highest BCUT2D eigenvalue weighted by atomic mass is 35.5. The van der Waals surface area contributed by atoms with Gasteiger partial charge in [-0.3, -0.25) is 13.9 Å². The number of hydrogen-bond donors (Lipinski definition) is 1. The minimum Gasteiger partial charge on any atom is -0.486 e. The molecule has 1 aliphatic heterocycles. The summed E-state index contributed by atoms with van der Waals surface area (Å²) in [5.41, 5.74) is 1.32. The number of carbonyl (C=O) groups excluding carboxylic acids is 2. The molecule has 13 heteroatoms. The number of fused-ring (bicyclic) bond motifs is 1. The smallest absolute Gasteiger partial charge is 0.264 e. The Morgan fingerprint density at radius 3 is 2.27 bits per heavy atom. The standard InChI is InChI=1S/C36H36Cl2FN3O6S/c1-24(2)21-40-36(44)32(18-25-6-4-3-5-7-25)41(22-26-8-9-27(37)19-31(26)38)35(43)23-42(29-12-10-28(39)11-13-29)49(45,46)30-14-15-33-34(20-30)48-17-16-47-33/h3-15,19-20,24,32H,16-18,21-23H2,1-2H3,(H,40,44)/t32-/m0/s1. The fourth-order valence-electron chi connectivity index (χ4n) is 5.26. The maximum Gasteiger partial charge on any atom is 0.264 e. The Morgan fingerprint density at radius 2 is 1.59 bits per heavy atom. The van der Waals surface area contributed by atoms with Crippen LogP contribution in [0.4, 0.5) is 10.1 Å². The van der Waals surface area contributed by atoms with Crippen molar-refractivity contribution < 1.29 is 31.9 Å². The van der Waals surface area contributed by atoms with Crippen molar-refractivity contribution in [3.63, 3.8) is 0 Å². The first-order chi connectivity index (χ1) is 23.4. The van der Waals surface area contributed by atoms with E-state index < -0.39 is 40.2 Å². The lowest BCUT2D eigenvalue weighted by Crippen LogP contribution is -2.53. The Morgan fingerprint density at radius 1 is 0.898 bits per heavy atom. The van der Waals surface area contributed by atoms with Gasteiger partial charge in [0.2, 0.25) is 11.8 Å². The van der Waals surface area contributed by atoms with E-state index in [1.165, 1.54) is 41.3 Å². The fraction of sp³-hybridized carbons (Fsp3) is 0.278. The van der Waals surface area contributed by atoms with Gasteiger partial charge < -0.3 is 19.7 Å². The molecular formula is C36H36Cl2FN3O6S. The summed E-state index contributed by atoms with van der Waals surface area (Å²) >= 11 is 12.7. The van der Waals surface area contributed by atoms with Crippen LogP contribution in [0.3, 0.4) is 0 Å². The Hall–Kier alpha value is -4.32. The molecule has 0 fully saturated rings. The van der Waals surface area contributed by atoms with Crippen LogP contribution in [-0.4, -0.2) is 57.5 Å². The summed E-state index contributed by atoms with van der Waals surface area (Å²) in [6.45, 7) is 3.95. The van der Waals surface area contributed by atoms with Crippen LogP contribution < -0.4 is 19.1 Å². The van der Waals surface area contributed by atoms with Crippen LogP contribution in [0.25, 0.3) is 0 Å². The van der Waals surface area contributed by atoms with Crippen LogP contribution in [0.5, 0.6) is 11.5 Å². The lowest BCUT2D eigenvalue weighted by molar-refractivity contribution is -0.140. The average Bonchev–Trinajstić information content (AvgIpc) is 3.09. The first-order valence-corrected chi connectivity index (χ1v) is 17.8. The molecule has 49 heavy (non-hydrogen) atoms. The lowest BCUT2D eigenvalue weighted by atomic mass is 10.0. The van der Waals surface area contributed by atoms with Crippen molar-refractivity contribution >= 4 is 50.7 Å². The predicted molar refractivity (Wildman–Crippen MR) is 187 cm³/mol. The predicted octanol–water partition coefficient (Wildman–Crippen LogP) is 6.51. The zero-order valence-corrected chi connectivity index (χ0v) is 29.3. The molecule has 1 heterocycles. The highest BCUT2D eigenvalue weighted by Gasteiger charge is 2.35. The lowest BCUT2D eigenvalue weighted by Gasteiger charge is -2.34. The van der Waals surface area contributed by atoms with Gasteiger partial charge >= 0.3 is 0 Å². The minimum atomic E-state index is -4.46. The number of benzene rings is 4. The first-order valence-electron chi connectivity index (χ1n) is 15.7. The van der Waals surface area contributed by atoms with E-state index in [2.05, 4.69) is 5.32 Å². The molecule has 4 aromatic rings. The average molecular weight is 729 g/mol. The molecule has 0 bridgehead atoms. The van der Waals surface area contributed by atoms with Crippen molar-refractivity contribution in [2.75, 3.05) is 30.6 Å². The SMILES string of the molecule is CC(C)CNC(=O)[C@H](Cc1ccccc1)N(Cc1ccc(Cl)cc1Cl)C(=O)CN(c1ccc(F)cc1)S(=O)(=O)c1ccc2c(c1)OCCO2. The van der Waals surface area contributed by atoms with E-state index in [9.17, 15) is 22.4 Å². The molecule has 0 aromatic heterocycles. The van der Waals surface area contributed by atoms with Gasteiger partial charge in [0.15, 0.2) is 11.5 Å². The molecule has 0 unspecified atom stereocenters. The summed E-state index contributed by atoms with van der Waals surface area (Å²) in [6, 6.07) is 21.9. The van der Waals surface area contributed by atoms with E-state index in [1.807, 2.05) is 44.2 Å². The zero-order chi connectivity index (χ0) is 35.1. The van der Waals surface area contributed by atoms with Crippen molar-refractivity contribution in [3.8, 4) is 11.5 Å². The second-order valence-corrected chi connectivity index (χ2v) is 14.6. The fourth-order valence-corrected chi connectivity index (χ4v) is 7.16. The van der Waals surface area contributed by atoms with Gasteiger partial charge in [0, 0.05) is 35.6 Å². The Bertz CT molecular complexity index is 1890. The maximum atomic E-state index is 14.6. The van der Waals surface area contributed by atoms with Gasteiger partial charge in [-0.15, -0.1) is 0 Å². The molecule has 0 aliphatic carbocycles. The quantitative estimate of drug-likeness (QED) is 0.168. The molecule has 0 spiro atoms. The van der Waals surface area contributed by atoms with Crippen LogP contribution in [-0.2, 0) is 32.6 Å². The molecule has 0 saturated heterocycles. The van der Waals surface area contributed by atoms with E-state index >= 15 is 0 Å². The van der Waals surface area contributed by atoms with Gasteiger partial charge in [-0.25, -0.2) is 12.8 Å². The van der Waals surface area contributed by atoms with Gasteiger partial charge in [-0.1, -0.05) is 73.4 Å². The van der Waals surface area contributed by atoms with Crippen molar-refractivity contribution in [1.29, 1.82) is 0 Å². The molecule has 258 valence electrons. The number of ether oxygens (including phenoxy) is 2. The number of sulfonamides is 1. The molecule has 1 N–H and O–H groups in total. The second kappa shape index (κ2) is 15.9. The molecular weight excluding hydrogens is 692 g/mol. The van der Waals surface area contributed by atoms with E-state index in [0.717, 1.165) is 22.0 Å². The number of amides is 2. The molecule has 1 atom stereocenters. The molecule has 1 aliphatic rings. The molecule has 9 nitrogen and oxygen atoms in total. The van der Waals surface area contributed by atoms with Crippen LogP contribution in [0.15, 0.2) is 95.9 Å². The summed E-state index contributed by atoms with van der Waals surface area (Å²) in [5, 5.41) is 3.59. The molecule has 0 radical (unpaired) electrons. The van der Waals surface area contributed by atoms with Crippen molar-refractivity contribution in [1.82, 2.24) is 10.2 Å². The van der Waals surface area contributed by atoms with Gasteiger partial charge in [0.25, 0.3) is 10.0 Å². The summed E-state index contributed by atoms with van der Waals surface area (Å²) in [6.07, 6.45) is 0.132. The summed E-state index contributed by atoms with van der Waals surface area (Å²) in [4.78, 5) is 29.7. The number of nitrogens with zero attached hydrogens (tertiary/aromatic N) is 2. The van der Waals surface area contributed by atoms with E-state index in [1.54, 1.807) is 12.1 Å².